The average molecular weight is 262 g/mol. The zero-order valence-electron chi connectivity index (χ0n) is 11.5. The van der Waals surface area contributed by atoms with Crippen LogP contribution >= 0.6 is 0 Å². The molecule has 2 heteroatoms. The van der Waals surface area contributed by atoms with Gasteiger partial charge in [0, 0.05) is 17.8 Å². The molecule has 1 aromatic carbocycles. The molecule has 1 N–H and O–H groups in total. The van der Waals surface area contributed by atoms with Gasteiger partial charge in [-0.2, -0.15) is 0 Å². The fourth-order valence-corrected chi connectivity index (χ4v) is 2.56. The summed E-state index contributed by atoms with van der Waals surface area (Å²) in [4.78, 5) is 4.40. The van der Waals surface area contributed by atoms with Crippen LogP contribution in [0.1, 0.15) is 36.9 Å². The van der Waals surface area contributed by atoms with Crippen LogP contribution in [0.15, 0.2) is 48.7 Å². The number of nitrogens with zero attached hydrogens (tertiary/aromatic N) is 1. The fraction of sp³-hybridized carbons (Fsp3) is 0.278. The Morgan fingerprint density at radius 2 is 1.75 bits per heavy atom. The third-order valence-corrected chi connectivity index (χ3v) is 3.62. The first-order chi connectivity index (χ1) is 9.92. The van der Waals surface area contributed by atoms with Crippen LogP contribution in [0.3, 0.4) is 0 Å². The minimum absolute atomic E-state index is 0.580. The van der Waals surface area contributed by atoms with Crippen molar-refractivity contribution in [3.8, 4) is 11.8 Å². The van der Waals surface area contributed by atoms with E-state index in [9.17, 15) is 0 Å². The van der Waals surface area contributed by atoms with E-state index in [1.807, 2.05) is 36.4 Å². The summed E-state index contributed by atoms with van der Waals surface area (Å²) in [6, 6.07) is 14.6. The molecule has 0 amide bonds. The number of pyridine rings is 1. The zero-order valence-corrected chi connectivity index (χ0v) is 11.5. The van der Waals surface area contributed by atoms with E-state index in [0.717, 1.165) is 16.9 Å². The summed E-state index contributed by atoms with van der Waals surface area (Å²) >= 11 is 0. The van der Waals surface area contributed by atoms with Gasteiger partial charge in [0.05, 0.1) is 5.69 Å². The van der Waals surface area contributed by atoms with E-state index in [1.165, 1.54) is 25.7 Å². The highest BCUT2D eigenvalue weighted by atomic mass is 14.9. The van der Waals surface area contributed by atoms with E-state index in [2.05, 4.69) is 28.2 Å². The third kappa shape index (κ3) is 3.19. The lowest BCUT2D eigenvalue weighted by molar-refractivity contribution is 0.754. The molecule has 3 rings (SSSR count). The molecule has 1 aromatic heterocycles. The molecule has 1 aliphatic rings. The van der Waals surface area contributed by atoms with E-state index in [1.54, 1.807) is 6.20 Å². The summed E-state index contributed by atoms with van der Waals surface area (Å²) < 4.78 is 0. The predicted octanol–water partition coefficient (Wildman–Crippen LogP) is 3.84. The minimum Gasteiger partial charge on any atom is -0.380 e. The molecule has 0 unspecified atom stereocenters. The van der Waals surface area contributed by atoms with Crippen molar-refractivity contribution in [3.05, 3.63) is 59.9 Å². The Labute approximate surface area is 120 Å². The molecule has 0 atom stereocenters. The molecule has 2 nitrogen and oxygen atoms in total. The van der Waals surface area contributed by atoms with Crippen molar-refractivity contribution in [2.75, 3.05) is 5.32 Å². The van der Waals surface area contributed by atoms with E-state index < -0.39 is 0 Å². The van der Waals surface area contributed by atoms with Crippen LogP contribution in [-0.2, 0) is 0 Å². The number of hydrogen-bond donors (Lipinski definition) is 1. The summed E-state index contributed by atoms with van der Waals surface area (Å²) in [6.07, 6.45) is 6.95. The van der Waals surface area contributed by atoms with Gasteiger partial charge < -0.3 is 5.32 Å². The molecule has 20 heavy (non-hydrogen) atoms. The molecule has 0 spiro atoms. The van der Waals surface area contributed by atoms with Crippen molar-refractivity contribution in [2.24, 2.45) is 0 Å². The molecule has 0 radical (unpaired) electrons. The summed E-state index contributed by atoms with van der Waals surface area (Å²) in [5, 5.41) is 3.58. The quantitative estimate of drug-likeness (QED) is 0.832. The maximum atomic E-state index is 4.40. The number of hydrogen-bond acceptors (Lipinski definition) is 2. The highest BCUT2D eigenvalue weighted by Gasteiger charge is 2.15. The van der Waals surface area contributed by atoms with Gasteiger partial charge in [-0.25, -0.2) is 4.98 Å². The first-order valence-corrected chi connectivity index (χ1v) is 7.20. The van der Waals surface area contributed by atoms with Gasteiger partial charge in [-0.15, -0.1) is 0 Å². The van der Waals surface area contributed by atoms with Crippen molar-refractivity contribution >= 4 is 5.69 Å². The lowest BCUT2D eigenvalue weighted by atomic mass is 10.2. The normalized spacial score (nSPS) is 14.6. The van der Waals surface area contributed by atoms with Gasteiger partial charge in [-0.3, -0.25) is 0 Å². The second kappa shape index (κ2) is 6.25. The summed E-state index contributed by atoms with van der Waals surface area (Å²) in [6.45, 7) is 0. The van der Waals surface area contributed by atoms with Gasteiger partial charge in [-0.1, -0.05) is 37.0 Å². The summed E-state index contributed by atoms with van der Waals surface area (Å²) in [5.41, 5.74) is 2.91. The minimum atomic E-state index is 0.580. The molecule has 0 aliphatic heterocycles. The Kier molecular flexibility index (Phi) is 3.99. The number of aromatic nitrogens is 1. The maximum absolute atomic E-state index is 4.40. The third-order valence-electron chi connectivity index (χ3n) is 3.62. The van der Waals surface area contributed by atoms with Crippen molar-refractivity contribution < 1.29 is 0 Å². The van der Waals surface area contributed by atoms with Crippen LogP contribution in [0.25, 0.3) is 0 Å². The zero-order chi connectivity index (χ0) is 13.6. The van der Waals surface area contributed by atoms with Crippen molar-refractivity contribution in [2.45, 2.75) is 31.7 Å². The molecule has 1 aliphatic carbocycles. The predicted molar refractivity (Wildman–Crippen MR) is 82.5 cm³/mol. The van der Waals surface area contributed by atoms with Crippen molar-refractivity contribution in [1.82, 2.24) is 4.98 Å². The fourth-order valence-electron chi connectivity index (χ4n) is 2.56. The number of nitrogens with one attached hydrogen (secondary N) is 1. The molecule has 2 aromatic rings. The summed E-state index contributed by atoms with van der Waals surface area (Å²) in [5.74, 6) is 6.35. The molecular weight excluding hydrogens is 244 g/mol. The van der Waals surface area contributed by atoms with Crippen LogP contribution in [0.4, 0.5) is 5.69 Å². The van der Waals surface area contributed by atoms with Crippen molar-refractivity contribution in [3.63, 3.8) is 0 Å². The Morgan fingerprint density at radius 1 is 0.950 bits per heavy atom. The lowest BCUT2D eigenvalue weighted by Gasteiger charge is -2.14. The number of benzene rings is 1. The van der Waals surface area contributed by atoms with Crippen LogP contribution in [0.5, 0.6) is 0 Å². The Balaban J connectivity index is 1.81. The second-order valence-electron chi connectivity index (χ2n) is 5.14. The van der Waals surface area contributed by atoms with Gasteiger partial charge >= 0.3 is 0 Å². The van der Waals surface area contributed by atoms with Crippen LogP contribution < -0.4 is 5.32 Å². The topological polar surface area (TPSA) is 24.9 Å². The van der Waals surface area contributed by atoms with E-state index in [-0.39, 0.29) is 0 Å². The molecule has 1 heterocycles. The highest BCUT2D eigenvalue weighted by Crippen LogP contribution is 2.23. The van der Waals surface area contributed by atoms with Gasteiger partial charge in [0.15, 0.2) is 0 Å². The molecule has 1 saturated carbocycles. The monoisotopic (exact) mass is 262 g/mol. The summed E-state index contributed by atoms with van der Waals surface area (Å²) in [7, 11) is 0. The first kappa shape index (κ1) is 12.7. The van der Waals surface area contributed by atoms with Crippen LogP contribution in [0, 0.1) is 11.8 Å². The molecule has 0 bridgehead atoms. The maximum Gasteiger partial charge on any atom is 0.136 e. The van der Waals surface area contributed by atoms with Gasteiger partial charge in [0.25, 0.3) is 0 Å². The van der Waals surface area contributed by atoms with Crippen LogP contribution in [0.2, 0.25) is 0 Å². The molecular formula is C18H18N2. The van der Waals surface area contributed by atoms with Gasteiger partial charge in [-0.05, 0) is 43.0 Å². The van der Waals surface area contributed by atoms with E-state index in [0.29, 0.717) is 6.04 Å². The van der Waals surface area contributed by atoms with Crippen molar-refractivity contribution in [1.29, 1.82) is 0 Å². The second-order valence-corrected chi connectivity index (χ2v) is 5.14. The van der Waals surface area contributed by atoms with Crippen LogP contribution in [-0.4, -0.2) is 11.0 Å². The lowest BCUT2D eigenvalue weighted by Crippen LogP contribution is -2.15. The number of rotatable bonds is 2. The highest BCUT2D eigenvalue weighted by molar-refractivity contribution is 5.57. The number of anilines is 1. The van der Waals surface area contributed by atoms with E-state index >= 15 is 0 Å². The molecule has 0 saturated heterocycles. The van der Waals surface area contributed by atoms with Gasteiger partial charge in [0.2, 0.25) is 0 Å². The molecule has 1 fully saturated rings. The Hall–Kier alpha value is -2.27. The smallest absolute Gasteiger partial charge is 0.136 e. The first-order valence-electron chi connectivity index (χ1n) is 7.20. The standard InChI is InChI=1S/C18H18N2/c1-2-7-15(8-3-1)12-13-17-18(11-6-14-19-17)20-16-9-4-5-10-16/h1-3,6-8,11,14,16,20H,4-5,9-10H2. The molecule has 100 valence electrons. The average Bonchev–Trinajstić information content (AvgIpc) is 3.00. The SMILES string of the molecule is C(#Cc1ncccc1NC1CCCC1)c1ccccc1. The largest absolute Gasteiger partial charge is 0.380 e. The van der Waals surface area contributed by atoms with Gasteiger partial charge in [0.1, 0.15) is 5.69 Å². The Bertz CT molecular complexity index is 617. The Morgan fingerprint density at radius 3 is 2.55 bits per heavy atom. The van der Waals surface area contributed by atoms with E-state index in [4.69, 9.17) is 0 Å².